The number of carbonyl (C=O) groups excluding carboxylic acids is 1. The maximum atomic E-state index is 13.1. The molecule has 0 heterocycles. The molecule has 4 nitrogen and oxygen atoms in total. The summed E-state index contributed by atoms with van der Waals surface area (Å²) in [6, 6.07) is 17.7. The van der Waals surface area contributed by atoms with E-state index in [4.69, 9.17) is 0 Å². The predicted molar refractivity (Wildman–Crippen MR) is 111 cm³/mol. The van der Waals surface area contributed by atoms with Crippen LogP contribution >= 0.6 is 0 Å². The molecule has 3 aromatic carbocycles. The molecule has 2 unspecified atom stereocenters. The minimum atomic E-state index is -0.827. The molecule has 156 valence electrons. The summed E-state index contributed by atoms with van der Waals surface area (Å²) in [7, 11) is 0. The Kier molecular flexibility index (Phi) is 7.14. The first kappa shape index (κ1) is 21.5. The van der Waals surface area contributed by atoms with E-state index >= 15 is 0 Å². The summed E-state index contributed by atoms with van der Waals surface area (Å²) in [4.78, 5) is 12.9. The lowest BCUT2D eigenvalue weighted by Gasteiger charge is -2.19. The third-order valence-electron chi connectivity index (χ3n) is 4.94. The summed E-state index contributed by atoms with van der Waals surface area (Å²) >= 11 is 0. The van der Waals surface area contributed by atoms with E-state index in [2.05, 4.69) is 5.32 Å². The lowest BCUT2D eigenvalue weighted by molar-refractivity contribution is -0.120. The second kappa shape index (κ2) is 9.98. The number of hydrogen-bond acceptors (Lipinski definition) is 3. The third-order valence-corrected chi connectivity index (χ3v) is 4.94. The maximum absolute atomic E-state index is 13.1. The number of hydrogen-bond donors (Lipinski definition) is 3. The summed E-state index contributed by atoms with van der Waals surface area (Å²) in [5, 5.41) is 22.7. The van der Waals surface area contributed by atoms with Crippen LogP contribution in [0.1, 0.15) is 30.1 Å². The summed E-state index contributed by atoms with van der Waals surface area (Å²) in [5.74, 6) is -1.35. The number of benzene rings is 3. The Labute approximate surface area is 173 Å². The molecule has 0 aliphatic carbocycles. The van der Waals surface area contributed by atoms with Crippen molar-refractivity contribution in [1.29, 1.82) is 0 Å². The van der Waals surface area contributed by atoms with Crippen LogP contribution in [0, 0.1) is 17.6 Å². The molecule has 0 fully saturated rings. The van der Waals surface area contributed by atoms with Crippen molar-refractivity contribution in [3.8, 4) is 5.75 Å². The Morgan fingerprint density at radius 2 is 1.40 bits per heavy atom. The Morgan fingerprint density at radius 3 is 2.00 bits per heavy atom. The number of amides is 1. The molecule has 30 heavy (non-hydrogen) atoms. The number of aliphatic hydroxyl groups is 1. The van der Waals surface area contributed by atoms with Gasteiger partial charge in [-0.2, -0.15) is 0 Å². The first-order valence-electron chi connectivity index (χ1n) is 9.68. The van der Waals surface area contributed by atoms with Gasteiger partial charge in [-0.25, -0.2) is 8.78 Å². The van der Waals surface area contributed by atoms with Gasteiger partial charge in [0.15, 0.2) is 0 Å². The molecule has 0 spiro atoms. The highest BCUT2D eigenvalue weighted by atomic mass is 19.1. The molecule has 3 rings (SSSR count). The molecule has 2 atom stereocenters. The molecule has 3 aromatic rings. The lowest BCUT2D eigenvalue weighted by Crippen LogP contribution is -2.25. The maximum Gasteiger partial charge on any atom is 0.227 e. The predicted octanol–water partition coefficient (Wildman–Crippen LogP) is 4.98. The minimum Gasteiger partial charge on any atom is -0.508 e. The smallest absolute Gasteiger partial charge is 0.227 e. The molecule has 6 heteroatoms. The van der Waals surface area contributed by atoms with E-state index < -0.39 is 17.8 Å². The number of nitrogens with one attached hydrogen (secondary N) is 1. The van der Waals surface area contributed by atoms with Crippen molar-refractivity contribution >= 4 is 11.6 Å². The quantitative estimate of drug-likeness (QED) is 0.490. The van der Waals surface area contributed by atoms with E-state index in [-0.39, 0.29) is 17.5 Å². The SMILES string of the molecule is O=C(Nc1ccc(F)cc1)C(CCC(O)c1ccc(F)cc1)Cc1ccc(O)cc1. The fourth-order valence-electron chi connectivity index (χ4n) is 3.23. The fraction of sp³-hybridized carbons (Fsp3) is 0.208. The molecular formula is C24H23F2NO3. The van der Waals surface area contributed by atoms with Gasteiger partial charge in [0, 0.05) is 11.6 Å². The zero-order valence-corrected chi connectivity index (χ0v) is 16.3. The number of aromatic hydroxyl groups is 1. The van der Waals surface area contributed by atoms with Crippen LogP contribution < -0.4 is 5.32 Å². The van der Waals surface area contributed by atoms with E-state index in [1.54, 1.807) is 24.3 Å². The van der Waals surface area contributed by atoms with E-state index in [0.29, 0.717) is 30.5 Å². The zero-order chi connectivity index (χ0) is 21.5. The highest BCUT2D eigenvalue weighted by Crippen LogP contribution is 2.25. The van der Waals surface area contributed by atoms with Crippen molar-refractivity contribution < 1.29 is 23.8 Å². The van der Waals surface area contributed by atoms with Gasteiger partial charge in [0.05, 0.1) is 6.10 Å². The van der Waals surface area contributed by atoms with Crippen LogP contribution in [0.15, 0.2) is 72.8 Å². The number of aliphatic hydroxyl groups excluding tert-OH is 1. The Balaban J connectivity index is 1.70. The second-order valence-corrected chi connectivity index (χ2v) is 7.21. The van der Waals surface area contributed by atoms with Crippen molar-refractivity contribution in [2.75, 3.05) is 5.32 Å². The Bertz CT molecular complexity index is 957. The summed E-state index contributed by atoms with van der Waals surface area (Å²) in [6.07, 6.45) is 0.271. The molecule has 0 radical (unpaired) electrons. The Morgan fingerprint density at radius 1 is 0.833 bits per heavy atom. The van der Waals surface area contributed by atoms with Gasteiger partial charge in [0.2, 0.25) is 5.91 Å². The van der Waals surface area contributed by atoms with Crippen LogP contribution in [0.4, 0.5) is 14.5 Å². The van der Waals surface area contributed by atoms with E-state index in [0.717, 1.165) is 5.56 Å². The molecule has 0 saturated heterocycles. The molecule has 1 amide bonds. The van der Waals surface area contributed by atoms with Crippen LogP contribution in [-0.4, -0.2) is 16.1 Å². The average Bonchev–Trinajstić information content (AvgIpc) is 2.74. The van der Waals surface area contributed by atoms with Crippen LogP contribution in [0.25, 0.3) is 0 Å². The van der Waals surface area contributed by atoms with Gasteiger partial charge >= 0.3 is 0 Å². The van der Waals surface area contributed by atoms with E-state index in [1.165, 1.54) is 48.5 Å². The average molecular weight is 411 g/mol. The highest BCUT2D eigenvalue weighted by Gasteiger charge is 2.21. The largest absolute Gasteiger partial charge is 0.508 e. The first-order chi connectivity index (χ1) is 14.4. The highest BCUT2D eigenvalue weighted by molar-refractivity contribution is 5.92. The molecule has 0 saturated carbocycles. The van der Waals surface area contributed by atoms with Crippen molar-refractivity contribution in [3.63, 3.8) is 0 Å². The van der Waals surface area contributed by atoms with E-state index in [9.17, 15) is 23.8 Å². The first-order valence-corrected chi connectivity index (χ1v) is 9.68. The topological polar surface area (TPSA) is 69.6 Å². The summed E-state index contributed by atoms with van der Waals surface area (Å²) < 4.78 is 26.2. The normalized spacial score (nSPS) is 12.9. The van der Waals surface area contributed by atoms with Crippen molar-refractivity contribution in [2.24, 2.45) is 5.92 Å². The van der Waals surface area contributed by atoms with Gasteiger partial charge in [-0.15, -0.1) is 0 Å². The molecular weight excluding hydrogens is 388 g/mol. The van der Waals surface area contributed by atoms with Crippen molar-refractivity contribution in [3.05, 3.63) is 95.6 Å². The van der Waals surface area contributed by atoms with Crippen LogP contribution in [-0.2, 0) is 11.2 Å². The second-order valence-electron chi connectivity index (χ2n) is 7.21. The van der Waals surface area contributed by atoms with Gasteiger partial charge in [-0.1, -0.05) is 24.3 Å². The van der Waals surface area contributed by atoms with Crippen LogP contribution in [0.3, 0.4) is 0 Å². The van der Waals surface area contributed by atoms with Crippen molar-refractivity contribution in [2.45, 2.75) is 25.4 Å². The molecule has 0 aliphatic heterocycles. The summed E-state index contributed by atoms with van der Waals surface area (Å²) in [6.45, 7) is 0. The number of phenolic OH excluding ortho intramolecular Hbond substituents is 1. The number of halogens is 2. The Hall–Kier alpha value is -3.25. The zero-order valence-electron chi connectivity index (χ0n) is 16.3. The molecule has 0 bridgehead atoms. The van der Waals surface area contributed by atoms with Crippen LogP contribution in [0.5, 0.6) is 5.75 Å². The van der Waals surface area contributed by atoms with Gasteiger partial charge < -0.3 is 15.5 Å². The standard InChI is InChI=1S/C24H23F2NO3/c25-19-6-3-17(4-7-19)23(29)14-5-18(15-16-1-12-22(28)13-2-16)24(30)27-21-10-8-20(26)9-11-21/h1-4,6-13,18,23,28-29H,5,14-15H2,(H,27,30). The van der Waals surface area contributed by atoms with E-state index in [1.807, 2.05) is 0 Å². The molecule has 3 N–H and O–H groups in total. The number of phenols is 1. The van der Waals surface area contributed by atoms with Crippen LogP contribution in [0.2, 0.25) is 0 Å². The third kappa shape index (κ3) is 6.12. The van der Waals surface area contributed by atoms with Crippen molar-refractivity contribution in [1.82, 2.24) is 0 Å². The number of carbonyl (C=O) groups is 1. The number of rotatable bonds is 8. The number of anilines is 1. The monoisotopic (exact) mass is 411 g/mol. The fourth-order valence-corrected chi connectivity index (χ4v) is 3.23. The summed E-state index contributed by atoms with van der Waals surface area (Å²) in [5.41, 5.74) is 1.93. The molecule has 0 aliphatic rings. The van der Waals surface area contributed by atoms with Gasteiger partial charge in [-0.3, -0.25) is 4.79 Å². The molecule has 0 aromatic heterocycles. The van der Waals surface area contributed by atoms with Gasteiger partial charge in [0.1, 0.15) is 17.4 Å². The van der Waals surface area contributed by atoms with Gasteiger partial charge in [-0.05, 0) is 78.9 Å². The van der Waals surface area contributed by atoms with Gasteiger partial charge in [0.25, 0.3) is 0 Å². The lowest BCUT2D eigenvalue weighted by atomic mass is 9.91. The minimum absolute atomic E-state index is 0.137.